The number of hydrogen-bond donors (Lipinski definition) is 2. The molecule has 1 aromatic rings. The van der Waals surface area contributed by atoms with Crippen LogP contribution < -0.4 is 10.6 Å². The van der Waals surface area contributed by atoms with Gasteiger partial charge in [-0.3, -0.25) is 4.79 Å². The van der Waals surface area contributed by atoms with E-state index in [0.717, 1.165) is 0 Å². The van der Waals surface area contributed by atoms with Crippen LogP contribution in [0.25, 0.3) is 0 Å². The average Bonchev–Trinajstić information content (AvgIpc) is 2.28. The highest BCUT2D eigenvalue weighted by Crippen LogP contribution is 2.21. The van der Waals surface area contributed by atoms with Crippen LogP contribution in [0.2, 0.25) is 0 Å². The van der Waals surface area contributed by atoms with E-state index >= 15 is 0 Å². The Kier molecular flexibility index (Phi) is 4.22. The summed E-state index contributed by atoms with van der Waals surface area (Å²) in [5, 5.41) is 5.00. The Bertz CT molecular complexity index is 394. The van der Waals surface area contributed by atoms with Crippen LogP contribution in [0.1, 0.15) is 12.0 Å². The Morgan fingerprint density at radius 2 is 2.06 bits per heavy atom. The van der Waals surface area contributed by atoms with Crippen LogP contribution in [0.4, 0.5) is 14.5 Å². The average molecular weight is 228 g/mol. The van der Waals surface area contributed by atoms with Crippen molar-refractivity contribution in [3.63, 3.8) is 0 Å². The molecule has 16 heavy (non-hydrogen) atoms. The van der Waals surface area contributed by atoms with Gasteiger partial charge in [0.25, 0.3) is 0 Å². The molecule has 0 spiro atoms. The fourth-order valence-electron chi connectivity index (χ4n) is 1.24. The first-order valence-corrected chi connectivity index (χ1v) is 4.95. The molecule has 5 heteroatoms. The first-order valence-electron chi connectivity index (χ1n) is 4.95. The van der Waals surface area contributed by atoms with Crippen LogP contribution in [0.5, 0.6) is 0 Å². The molecule has 3 nitrogen and oxygen atoms in total. The van der Waals surface area contributed by atoms with E-state index in [0.29, 0.717) is 5.56 Å². The normalized spacial score (nSPS) is 10.0. The van der Waals surface area contributed by atoms with E-state index in [9.17, 15) is 13.6 Å². The lowest BCUT2D eigenvalue weighted by molar-refractivity contribution is -0.120. The van der Waals surface area contributed by atoms with Gasteiger partial charge in [0, 0.05) is 20.0 Å². The summed E-state index contributed by atoms with van der Waals surface area (Å²) in [6.07, 6.45) is 0.170. The van der Waals surface area contributed by atoms with Crippen molar-refractivity contribution < 1.29 is 13.6 Å². The molecule has 88 valence electrons. The maximum atomic E-state index is 13.5. The molecule has 0 saturated heterocycles. The summed E-state index contributed by atoms with van der Waals surface area (Å²) < 4.78 is 26.7. The van der Waals surface area contributed by atoms with Gasteiger partial charge in [-0.2, -0.15) is 0 Å². The lowest BCUT2D eigenvalue weighted by Crippen LogP contribution is -2.21. The molecule has 0 heterocycles. The molecule has 0 atom stereocenters. The monoisotopic (exact) mass is 228 g/mol. The second kappa shape index (κ2) is 5.44. The van der Waals surface area contributed by atoms with Crippen molar-refractivity contribution in [2.45, 2.75) is 13.3 Å². The fourth-order valence-corrected chi connectivity index (χ4v) is 1.24. The van der Waals surface area contributed by atoms with Gasteiger partial charge in [0.2, 0.25) is 5.91 Å². The molecule has 0 radical (unpaired) electrons. The Hall–Kier alpha value is -1.65. The molecular formula is C11H14F2N2O. The Morgan fingerprint density at radius 1 is 1.38 bits per heavy atom. The number of benzene rings is 1. The second-order valence-corrected chi connectivity index (χ2v) is 3.40. The number of hydrogen-bond acceptors (Lipinski definition) is 2. The summed E-state index contributed by atoms with van der Waals surface area (Å²) >= 11 is 0. The first-order chi connectivity index (χ1) is 7.56. The van der Waals surface area contributed by atoms with E-state index in [4.69, 9.17) is 0 Å². The summed E-state index contributed by atoms with van der Waals surface area (Å²) in [5.41, 5.74) is 0.188. The van der Waals surface area contributed by atoms with E-state index in [1.54, 1.807) is 6.92 Å². The smallest absolute Gasteiger partial charge is 0.221 e. The number of halogens is 2. The molecule has 0 aromatic heterocycles. The number of nitrogens with one attached hydrogen (secondary N) is 2. The maximum Gasteiger partial charge on any atom is 0.221 e. The molecule has 0 saturated carbocycles. The van der Waals surface area contributed by atoms with Gasteiger partial charge in [0.15, 0.2) is 5.82 Å². The summed E-state index contributed by atoms with van der Waals surface area (Å²) in [6.45, 7) is 1.75. The summed E-state index contributed by atoms with van der Waals surface area (Å²) in [5.74, 6) is -1.45. The van der Waals surface area contributed by atoms with Crippen molar-refractivity contribution in [3.8, 4) is 0 Å². The van der Waals surface area contributed by atoms with Crippen LogP contribution in [0.15, 0.2) is 12.1 Å². The Morgan fingerprint density at radius 3 is 2.69 bits per heavy atom. The third kappa shape index (κ3) is 2.92. The van der Waals surface area contributed by atoms with Crippen LogP contribution in [0.3, 0.4) is 0 Å². The van der Waals surface area contributed by atoms with E-state index in [1.165, 1.54) is 19.2 Å². The number of aryl methyl sites for hydroxylation is 1. The zero-order valence-corrected chi connectivity index (χ0v) is 9.23. The highest BCUT2D eigenvalue weighted by Gasteiger charge is 2.10. The van der Waals surface area contributed by atoms with E-state index < -0.39 is 11.6 Å². The molecule has 0 bridgehead atoms. The molecule has 1 aromatic carbocycles. The number of rotatable bonds is 4. The van der Waals surface area contributed by atoms with Gasteiger partial charge in [-0.15, -0.1) is 0 Å². The fraction of sp³-hybridized carbons (Fsp3) is 0.364. The summed E-state index contributed by atoms with van der Waals surface area (Å²) in [6, 6.07) is 2.56. The lowest BCUT2D eigenvalue weighted by Gasteiger charge is -2.09. The molecule has 0 aliphatic heterocycles. The minimum Gasteiger partial charge on any atom is -0.380 e. The second-order valence-electron chi connectivity index (χ2n) is 3.40. The number of carbonyl (C=O) groups excluding carboxylic acids is 1. The van der Waals surface area contributed by atoms with Gasteiger partial charge in [-0.1, -0.05) is 6.07 Å². The van der Waals surface area contributed by atoms with E-state index in [1.807, 2.05) is 0 Å². The number of carbonyl (C=O) groups is 1. The standard InChI is InChI=1S/C11H14F2N2O/c1-7-3-4-8(12)11(10(7)13)15-6-5-9(16)14-2/h3-4,15H,5-6H2,1-2H3,(H,14,16). The van der Waals surface area contributed by atoms with Crippen molar-refractivity contribution >= 4 is 11.6 Å². The number of amides is 1. The summed E-state index contributed by atoms with van der Waals surface area (Å²) in [4.78, 5) is 10.9. The highest BCUT2D eigenvalue weighted by atomic mass is 19.1. The zero-order valence-electron chi connectivity index (χ0n) is 9.23. The topological polar surface area (TPSA) is 41.1 Å². The third-order valence-corrected chi connectivity index (χ3v) is 2.22. The van der Waals surface area contributed by atoms with Gasteiger partial charge in [-0.25, -0.2) is 8.78 Å². The van der Waals surface area contributed by atoms with Gasteiger partial charge >= 0.3 is 0 Å². The van der Waals surface area contributed by atoms with Gasteiger partial charge in [0.1, 0.15) is 11.5 Å². The van der Waals surface area contributed by atoms with Crippen molar-refractivity contribution in [1.29, 1.82) is 0 Å². The Labute approximate surface area is 92.8 Å². The van der Waals surface area contributed by atoms with Crippen LogP contribution in [-0.4, -0.2) is 19.5 Å². The molecule has 0 aliphatic carbocycles. The maximum absolute atomic E-state index is 13.5. The largest absolute Gasteiger partial charge is 0.380 e. The minimum atomic E-state index is -0.653. The Balaban J connectivity index is 2.67. The number of anilines is 1. The SMILES string of the molecule is CNC(=O)CCNc1c(F)ccc(C)c1F. The van der Waals surface area contributed by atoms with Gasteiger partial charge < -0.3 is 10.6 Å². The molecule has 0 fully saturated rings. The van der Waals surface area contributed by atoms with Gasteiger partial charge in [0.05, 0.1) is 0 Å². The zero-order chi connectivity index (χ0) is 12.1. The van der Waals surface area contributed by atoms with Crippen LogP contribution in [-0.2, 0) is 4.79 Å². The molecule has 1 rings (SSSR count). The molecule has 0 unspecified atom stereocenters. The van der Waals surface area contributed by atoms with Crippen LogP contribution >= 0.6 is 0 Å². The molecular weight excluding hydrogens is 214 g/mol. The van der Waals surface area contributed by atoms with Crippen molar-refractivity contribution in [1.82, 2.24) is 5.32 Å². The molecule has 0 aliphatic rings. The minimum absolute atomic E-state index is 0.170. The highest BCUT2D eigenvalue weighted by molar-refractivity contribution is 5.76. The molecule has 2 N–H and O–H groups in total. The predicted molar refractivity (Wildman–Crippen MR) is 58.3 cm³/mol. The van der Waals surface area contributed by atoms with Crippen molar-refractivity contribution in [2.24, 2.45) is 0 Å². The summed E-state index contributed by atoms with van der Waals surface area (Å²) in [7, 11) is 1.51. The lowest BCUT2D eigenvalue weighted by atomic mass is 10.2. The quantitative estimate of drug-likeness (QED) is 0.825. The molecule has 1 amide bonds. The van der Waals surface area contributed by atoms with Crippen LogP contribution in [0, 0.1) is 18.6 Å². The first kappa shape index (κ1) is 12.4. The van der Waals surface area contributed by atoms with Crippen molar-refractivity contribution in [3.05, 3.63) is 29.3 Å². The van der Waals surface area contributed by atoms with Crippen molar-refractivity contribution in [2.75, 3.05) is 18.9 Å². The van der Waals surface area contributed by atoms with Gasteiger partial charge in [-0.05, 0) is 18.6 Å². The third-order valence-electron chi connectivity index (χ3n) is 2.22. The van der Waals surface area contributed by atoms with E-state index in [-0.39, 0.29) is 24.6 Å². The van der Waals surface area contributed by atoms with E-state index in [2.05, 4.69) is 10.6 Å². The predicted octanol–water partition coefficient (Wildman–Crippen LogP) is 1.82.